The van der Waals surface area contributed by atoms with Gasteiger partial charge in [0.25, 0.3) is 0 Å². The normalized spacial score (nSPS) is 11.9. The zero-order valence-corrected chi connectivity index (χ0v) is 11.5. The molecule has 1 amide bonds. The molecule has 0 radical (unpaired) electrons. The average Bonchev–Trinajstić information content (AvgIpc) is 2.39. The first-order chi connectivity index (χ1) is 9.17. The lowest BCUT2D eigenvalue weighted by molar-refractivity contribution is -0.120. The first-order valence-corrected chi connectivity index (χ1v) is 6.55. The fourth-order valence-electron chi connectivity index (χ4n) is 1.56. The van der Waals surface area contributed by atoms with Gasteiger partial charge in [0, 0.05) is 6.07 Å². The van der Waals surface area contributed by atoms with Gasteiger partial charge in [0.2, 0.25) is 5.91 Å². The number of carbonyl (C=O) groups excluding carboxylic acids is 1. The maximum absolute atomic E-state index is 11.3. The van der Waals surface area contributed by atoms with Crippen LogP contribution in [0.5, 0.6) is 11.5 Å². The highest BCUT2D eigenvalue weighted by Gasteiger charge is 2.14. The summed E-state index contributed by atoms with van der Waals surface area (Å²) in [4.78, 5) is 11.3. The van der Waals surface area contributed by atoms with Crippen LogP contribution in [0.4, 0.5) is 0 Å². The second-order valence-corrected chi connectivity index (χ2v) is 4.13. The number of primary amides is 1. The number of amides is 1. The van der Waals surface area contributed by atoms with Crippen molar-refractivity contribution in [3.8, 4) is 11.5 Å². The molecule has 0 bridgehead atoms. The number of hydrogen-bond donors (Lipinski definition) is 2. The van der Waals surface area contributed by atoms with Crippen molar-refractivity contribution in [3.63, 3.8) is 0 Å². The number of hydrogen-bond acceptors (Lipinski definition) is 4. The van der Waals surface area contributed by atoms with Gasteiger partial charge in [0.05, 0.1) is 6.61 Å². The van der Waals surface area contributed by atoms with Crippen molar-refractivity contribution in [2.45, 2.75) is 26.3 Å². The predicted molar refractivity (Wildman–Crippen MR) is 74.4 cm³/mol. The van der Waals surface area contributed by atoms with E-state index >= 15 is 0 Å². The van der Waals surface area contributed by atoms with E-state index in [1.54, 1.807) is 6.07 Å². The summed E-state index contributed by atoms with van der Waals surface area (Å²) < 4.78 is 10.9. The molecule has 5 nitrogen and oxygen atoms in total. The Morgan fingerprint density at radius 2 is 2.00 bits per heavy atom. The van der Waals surface area contributed by atoms with Crippen LogP contribution < -0.4 is 20.5 Å². The zero-order chi connectivity index (χ0) is 14.1. The van der Waals surface area contributed by atoms with Gasteiger partial charge in [-0.05, 0) is 32.0 Å². The highest BCUT2D eigenvalue weighted by atomic mass is 16.5. The Hall–Kier alpha value is -1.75. The topological polar surface area (TPSA) is 73.6 Å². The van der Waals surface area contributed by atoms with Gasteiger partial charge >= 0.3 is 0 Å². The lowest BCUT2D eigenvalue weighted by atomic mass is 10.3. The van der Waals surface area contributed by atoms with Crippen LogP contribution in [0.2, 0.25) is 0 Å². The van der Waals surface area contributed by atoms with E-state index in [1.807, 2.05) is 32.0 Å². The van der Waals surface area contributed by atoms with E-state index in [4.69, 9.17) is 15.2 Å². The molecule has 0 spiro atoms. The molecule has 5 heteroatoms. The minimum Gasteiger partial charge on any atom is -0.494 e. The molecule has 106 valence electrons. The number of nitrogens with one attached hydrogen (secondary N) is 1. The fraction of sp³-hybridized carbons (Fsp3) is 0.500. The monoisotopic (exact) mass is 266 g/mol. The summed E-state index contributed by atoms with van der Waals surface area (Å²) in [5.41, 5.74) is 5.31. The SMILES string of the molecule is CCCNC(COc1cccc(OCC)c1)C(N)=O. The Kier molecular flexibility index (Phi) is 6.74. The van der Waals surface area contributed by atoms with Crippen molar-refractivity contribution in [2.24, 2.45) is 5.73 Å². The molecule has 19 heavy (non-hydrogen) atoms. The quantitative estimate of drug-likeness (QED) is 0.707. The van der Waals surface area contributed by atoms with Crippen LogP contribution >= 0.6 is 0 Å². The third kappa shape index (κ3) is 5.61. The van der Waals surface area contributed by atoms with Crippen molar-refractivity contribution in [3.05, 3.63) is 24.3 Å². The third-order valence-corrected chi connectivity index (χ3v) is 2.52. The summed E-state index contributed by atoms with van der Waals surface area (Å²) in [7, 11) is 0. The van der Waals surface area contributed by atoms with Crippen LogP contribution in [0.1, 0.15) is 20.3 Å². The van der Waals surface area contributed by atoms with Gasteiger partial charge in [0.15, 0.2) is 0 Å². The predicted octanol–water partition coefficient (Wildman–Crippen LogP) is 1.32. The lowest BCUT2D eigenvalue weighted by Gasteiger charge is -2.16. The number of ether oxygens (including phenoxy) is 2. The average molecular weight is 266 g/mol. The van der Waals surface area contributed by atoms with Gasteiger partial charge in [-0.1, -0.05) is 13.0 Å². The van der Waals surface area contributed by atoms with Crippen molar-refractivity contribution in [1.82, 2.24) is 5.32 Å². The molecule has 0 aromatic heterocycles. The third-order valence-electron chi connectivity index (χ3n) is 2.52. The first-order valence-electron chi connectivity index (χ1n) is 6.55. The van der Waals surface area contributed by atoms with Gasteiger partial charge in [-0.25, -0.2) is 0 Å². The first kappa shape index (κ1) is 15.3. The van der Waals surface area contributed by atoms with E-state index in [2.05, 4.69) is 5.32 Å². The molecule has 1 aromatic carbocycles. The molecule has 0 aliphatic carbocycles. The summed E-state index contributed by atoms with van der Waals surface area (Å²) in [5, 5.41) is 3.05. The molecule has 3 N–H and O–H groups in total. The zero-order valence-electron chi connectivity index (χ0n) is 11.5. The molecule has 0 heterocycles. The smallest absolute Gasteiger partial charge is 0.238 e. The van der Waals surface area contributed by atoms with Crippen molar-refractivity contribution < 1.29 is 14.3 Å². The second-order valence-electron chi connectivity index (χ2n) is 4.13. The summed E-state index contributed by atoms with van der Waals surface area (Å²) in [6.07, 6.45) is 0.934. The second kappa shape index (κ2) is 8.37. The molecule has 1 rings (SSSR count). The summed E-state index contributed by atoms with van der Waals surface area (Å²) in [6.45, 7) is 5.50. The number of carbonyl (C=O) groups is 1. The maximum Gasteiger partial charge on any atom is 0.238 e. The fourth-order valence-corrected chi connectivity index (χ4v) is 1.56. The van der Waals surface area contributed by atoms with E-state index in [0.717, 1.165) is 18.7 Å². The summed E-state index contributed by atoms with van der Waals surface area (Å²) >= 11 is 0. The largest absolute Gasteiger partial charge is 0.494 e. The van der Waals surface area contributed by atoms with Crippen molar-refractivity contribution in [1.29, 1.82) is 0 Å². The van der Waals surface area contributed by atoms with Gasteiger partial charge in [-0.3, -0.25) is 4.79 Å². The molecule has 0 fully saturated rings. The summed E-state index contributed by atoms with van der Waals surface area (Å²) in [5.74, 6) is 1.00. The van der Waals surface area contributed by atoms with Gasteiger partial charge in [-0.2, -0.15) is 0 Å². The summed E-state index contributed by atoms with van der Waals surface area (Å²) in [6, 6.07) is 6.84. The molecule has 1 atom stereocenters. The highest BCUT2D eigenvalue weighted by Crippen LogP contribution is 2.19. The maximum atomic E-state index is 11.3. The molecule has 0 aliphatic heterocycles. The van der Waals surface area contributed by atoms with Crippen LogP contribution in [0.3, 0.4) is 0 Å². The van der Waals surface area contributed by atoms with Crippen LogP contribution in [-0.2, 0) is 4.79 Å². The molecular formula is C14H22N2O3. The Labute approximate surface area is 114 Å². The van der Waals surface area contributed by atoms with E-state index < -0.39 is 11.9 Å². The Bertz CT molecular complexity index is 396. The number of nitrogens with two attached hydrogens (primary N) is 1. The lowest BCUT2D eigenvalue weighted by Crippen LogP contribution is -2.45. The van der Waals surface area contributed by atoms with Crippen molar-refractivity contribution in [2.75, 3.05) is 19.8 Å². The molecule has 1 aromatic rings. The molecule has 0 aliphatic rings. The van der Waals surface area contributed by atoms with Gasteiger partial charge in [0.1, 0.15) is 24.1 Å². The molecule has 0 saturated carbocycles. The van der Waals surface area contributed by atoms with Gasteiger partial charge < -0.3 is 20.5 Å². The van der Waals surface area contributed by atoms with Crippen LogP contribution in [0.15, 0.2) is 24.3 Å². The highest BCUT2D eigenvalue weighted by molar-refractivity contribution is 5.80. The van der Waals surface area contributed by atoms with E-state index in [9.17, 15) is 4.79 Å². The van der Waals surface area contributed by atoms with Crippen LogP contribution in [0, 0.1) is 0 Å². The van der Waals surface area contributed by atoms with E-state index in [1.165, 1.54) is 0 Å². The minimum absolute atomic E-state index is 0.213. The molecular weight excluding hydrogens is 244 g/mol. The molecule has 0 saturated heterocycles. The van der Waals surface area contributed by atoms with Crippen molar-refractivity contribution >= 4 is 5.91 Å². The Morgan fingerprint density at radius 1 is 1.32 bits per heavy atom. The minimum atomic E-state index is -0.476. The van der Waals surface area contributed by atoms with Crippen LogP contribution in [0.25, 0.3) is 0 Å². The van der Waals surface area contributed by atoms with E-state index in [-0.39, 0.29) is 6.61 Å². The van der Waals surface area contributed by atoms with Crippen LogP contribution in [-0.4, -0.2) is 31.7 Å². The number of benzene rings is 1. The standard InChI is InChI=1S/C14H22N2O3/c1-3-8-16-13(14(15)17)10-19-12-7-5-6-11(9-12)18-4-2/h5-7,9,13,16H,3-4,8,10H2,1-2H3,(H2,15,17). The Balaban J connectivity index is 2.53. The van der Waals surface area contributed by atoms with E-state index in [0.29, 0.717) is 12.4 Å². The molecule has 1 unspecified atom stereocenters. The van der Waals surface area contributed by atoms with Gasteiger partial charge in [-0.15, -0.1) is 0 Å². The Morgan fingerprint density at radius 3 is 2.58 bits per heavy atom. The number of rotatable bonds is 9.